The molecule has 0 bridgehead atoms. The number of aryl methyl sites for hydroxylation is 1. The van der Waals surface area contributed by atoms with E-state index in [1.54, 1.807) is 17.0 Å². The molecule has 0 radical (unpaired) electrons. The van der Waals surface area contributed by atoms with Crippen LogP contribution < -0.4 is 0 Å². The van der Waals surface area contributed by atoms with Crippen LogP contribution in [0, 0.1) is 6.92 Å². The predicted octanol–water partition coefficient (Wildman–Crippen LogP) is 2.72. The molecule has 3 rings (SSSR count). The van der Waals surface area contributed by atoms with Crippen LogP contribution in [-0.2, 0) is 0 Å². The zero-order valence-corrected chi connectivity index (χ0v) is 12.9. The molecule has 1 fully saturated rings. The SMILES string of the molecule is Cc1ccccc1C1CCN(C(=O)c2cccc(C(=O)O)n2)C1. The minimum Gasteiger partial charge on any atom is -0.477 e. The fourth-order valence-electron chi connectivity index (χ4n) is 3.08. The van der Waals surface area contributed by atoms with Crippen LogP contribution >= 0.6 is 0 Å². The van der Waals surface area contributed by atoms with E-state index in [2.05, 4.69) is 24.0 Å². The molecule has 1 aromatic heterocycles. The number of hydrogen-bond donors (Lipinski definition) is 1. The van der Waals surface area contributed by atoms with Gasteiger partial charge in [-0.2, -0.15) is 0 Å². The number of nitrogens with zero attached hydrogens (tertiary/aromatic N) is 2. The number of benzene rings is 1. The summed E-state index contributed by atoms with van der Waals surface area (Å²) in [6.45, 7) is 3.39. The summed E-state index contributed by atoms with van der Waals surface area (Å²) in [5.74, 6) is -1.01. The first-order valence-electron chi connectivity index (χ1n) is 7.61. The monoisotopic (exact) mass is 310 g/mol. The van der Waals surface area contributed by atoms with Crippen LogP contribution in [0.1, 0.15) is 44.4 Å². The average molecular weight is 310 g/mol. The first-order valence-corrected chi connectivity index (χ1v) is 7.61. The van der Waals surface area contributed by atoms with Crippen molar-refractivity contribution in [1.82, 2.24) is 9.88 Å². The number of hydrogen-bond acceptors (Lipinski definition) is 3. The number of amides is 1. The van der Waals surface area contributed by atoms with Crippen LogP contribution in [0.15, 0.2) is 42.5 Å². The Morgan fingerprint density at radius 1 is 1.13 bits per heavy atom. The summed E-state index contributed by atoms with van der Waals surface area (Å²) in [4.78, 5) is 29.2. The zero-order valence-electron chi connectivity index (χ0n) is 12.9. The fourth-order valence-corrected chi connectivity index (χ4v) is 3.08. The third kappa shape index (κ3) is 3.08. The summed E-state index contributed by atoms with van der Waals surface area (Å²) in [7, 11) is 0. The maximum absolute atomic E-state index is 12.6. The van der Waals surface area contributed by atoms with E-state index in [-0.39, 0.29) is 17.3 Å². The normalized spacial score (nSPS) is 17.3. The Hall–Kier alpha value is -2.69. The van der Waals surface area contributed by atoms with E-state index in [1.165, 1.54) is 17.2 Å². The number of likely N-dealkylation sites (tertiary alicyclic amines) is 1. The van der Waals surface area contributed by atoms with Crippen molar-refractivity contribution in [2.45, 2.75) is 19.3 Å². The van der Waals surface area contributed by atoms with Crippen LogP contribution in [0.25, 0.3) is 0 Å². The number of carbonyl (C=O) groups is 2. The lowest BCUT2D eigenvalue weighted by Crippen LogP contribution is -2.29. The van der Waals surface area contributed by atoms with Crippen molar-refractivity contribution >= 4 is 11.9 Å². The van der Waals surface area contributed by atoms with Gasteiger partial charge in [0.2, 0.25) is 0 Å². The van der Waals surface area contributed by atoms with Crippen molar-refractivity contribution in [3.8, 4) is 0 Å². The molecule has 1 saturated heterocycles. The number of aromatic carboxylic acids is 1. The lowest BCUT2D eigenvalue weighted by Gasteiger charge is -2.17. The molecule has 118 valence electrons. The van der Waals surface area contributed by atoms with Gasteiger partial charge < -0.3 is 10.0 Å². The molecule has 1 amide bonds. The largest absolute Gasteiger partial charge is 0.477 e. The molecular formula is C18H18N2O3. The van der Waals surface area contributed by atoms with Gasteiger partial charge in [-0.15, -0.1) is 0 Å². The summed E-state index contributed by atoms with van der Waals surface area (Å²) < 4.78 is 0. The maximum Gasteiger partial charge on any atom is 0.354 e. The highest BCUT2D eigenvalue weighted by Crippen LogP contribution is 2.29. The topological polar surface area (TPSA) is 70.5 Å². The molecule has 1 aliphatic rings. The van der Waals surface area contributed by atoms with Gasteiger partial charge in [0.15, 0.2) is 0 Å². The summed E-state index contributed by atoms with van der Waals surface area (Å²) in [5, 5.41) is 8.99. The second-order valence-electron chi connectivity index (χ2n) is 5.81. The highest BCUT2D eigenvalue weighted by Gasteiger charge is 2.29. The summed E-state index contributed by atoms with van der Waals surface area (Å²) in [6.07, 6.45) is 0.912. The molecule has 2 aromatic rings. The van der Waals surface area contributed by atoms with Gasteiger partial charge >= 0.3 is 5.97 Å². The van der Waals surface area contributed by atoms with Gasteiger partial charge in [-0.1, -0.05) is 30.3 Å². The first-order chi connectivity index (χ1) is 11.1. The Morgan fingerprint density at radius 2 is 1.87 bits per heavy atom. The Bertz CT molecular complexity index is 757. The van der Waals surface area contributed by atoms with E-state index < -0.39 is 5.97 Å². The van der Waals surface area contributed by atoms with E-state index in [1.807, 2.05) is 12.1 Å². The summed E-state index contributed by atoms with van der Waals surface area (Å²) >= 11 is 0. The quantitative estimate of drug-likeness (QED) is 0.946. The first kappa shape index (κ1) is 15.2. The van der Waals surface area contributed by atoms with Gasteiger partial charge in [-0.05, 0) is 36.6 Å². The number of carboxylic acids is 1. The molecule has 1 atom stereocenters. The molecule has 5 nitrogen and oxygen atoms in total. The third-order valence-corrected chi connectivity index (χ3v) is 4.29. The van der Waals surface area contributed by atoms with Gasteiger partial charge in [0.25, 0.3) is 5.91 Å². The van der Waals surface area contributed by atoms with E-state index >= 15 is 0 Å². The van der Waals surface area contributed by atoms with Crippen LogP contribution in [0.5, 0.6) is 0 Å². The lowest BCUT2D eigenvalue weighted by molar-refractivity contribution is 0.0690. The van der Waals surface area contributed by atoms with Crippen molar-refractivity contribution in [2.75, 3.05) is 13.1 Å². The standard InChI is InChI=1S/C18H18N2O3/c1-12-5-2-3-6-14(12)13-9-10-20(11-13)17(21)15-7-4-8-16(19-15)18(22)23/h2-8,13H,9-11H2,1H3,(H,22,23). The molecule has 1 aliphatic heterocycles. The van der Waals surface area contributed by atoms with E-state index in [0.29, 0.717) is 19.0 Å². The molecular weight excluding hydrogens is 292 g/mol. The lowest BCUT2D eigenvalue weighted by atomic mass is 9.94. The van der Waals surface area contributed by atoms with Crippen molar-refractivity contribution in [3.05, 3.63) is 65.0 Å². The third-order valence-electron chi connectivity index (χ3n) is 4.29. The molecule has 1 unspecified atom stereocenters. The smallest absolute Gasteiger partial charge is 0.354 e. The molecule has 23 heavy (non-hydrogen) atoms. The average Bonchev–Trinajstić information content (AvgIpc) is 3.04. The van der Waals surface area contributed by atoms with E-state index in [0.717, 1.165) is 6.42 Å². The maximum atomic E-state index is 12.6. The molecule has 0 spiro atoms. The van der Waals surface area contributed by atoms with Crippen LogP contribution in [0.3, 0.4) is 0 Å². The molecule has 2 heterocycles. The molecule has 1 N–H and O–H groups in total. The highest BCUT2D eigenvalue weighted by molar-refractivity contribution is 5.94. The van der Waals surface area contributed by atoms with Gasteiger partial charge in [0.05, 0.1) is 0 Å². The van der Waals surface area contributed by atoms with E-state index in [9.17, 15) is 9.59 Å². The number of carbonyl (C=O) groups excluding carboxylic acids is 1. The Balaban J connectivity index is 1.76. The fraction of sp³-hybridized carbons (Fsp3) is 0.278. The zero-order chi connectivity index (χ0) is 16.4. The van der Waals surface area contributed by atoms with Crippen molar-refractivity contribution in [1.29, 1.82) is 0 Å². The van der Waals surface area contributed by atoms with Gasteiger partial charge in [-0.25, -0.2) is 9.78 Å². The highest BCUT2D eigenvalue weighted by atomic mass is 16.4. The summed E-state index contributed by atoms with van der Waals surface area (Å²) in [5.41, 5.74) is 2.59. The molecule has 5 heteroatoms. The van der Waals surface area contributed by atoms with Gasteiger partial charge in [-0.3, -0.25) is 4.79 Å². The second kappa shape index (κ2) is 6.20. The van der Waals surface area contributed by atoms with Crippen LogP contribution in [0.4, 0.5) is 0 Å². The minimum absolute atomic E-state index is 0.106. The molecule has 0 aliphatic carbocycles. The Morgan fingerprint density at radius 3 is 2.61 bits per heavy atom. The van der Waals surface area contributed by atoms with Crippen molar-refractivity contribution in [3.63, 3.8) is 0 Å². The predicted molar refractivity (Wildman–Crippen MR) is 85.6 cm³/mol. The molecule has 1 aromatic carbocycles. The van der Waals surface area contributed by atoms with E-state index in [4.69, 9.17) is 5.11 Å². The van der Waals surface area contributed by atoms with Gasteiger partial charge in [0.1, 0.15) is 11.4 Å². The van der Waals surface area contributed by atoms with Crippen LogP contribution in [-0.4, -0.2) is 40.0 Å². The molecule has 0 saturated carbocycles. The minimum atomic E-state index is -1.13. The van der Waals surface area contributed by atoms with Crippen LogP contribution in [0.2, 0.25) is 0 Å². The summed E-state index contributed by atoms with van der Waals surface area (Å²) in [6, 6.07) is 12.7. The van der Waals surface area contributed by atoms with Gasteiger partial charge in [0, 0.05) is 19.0 Å². The number of pyridine rings is 1. The van der Waals surface area contributed by atoms with Crippen molar-refractivity contribution < 1.29 is 14.7 Å². The van der Waals surface area contributed by atoms with Crippen molar-refractivity contribution in [2.24, 2.45) is 0 Å². The number of carboxylic acid groups (broad SMARTS) is 1. The number of aromatic nitrogens is 1. The second-order valence-corrected chi connectivity index (χ2v) is 5.81. The Kier molecular flexibility index (Phi) is 4.10. The Labute approximate surface area is 134 Å². The number of rotatable bonds is 3.